The first kappa shape index (κ1) is 11.5. The van der Waals surface area contributed by atoms with Gasteiger partial charge in [-0.15, -0.1) is 0 Å². The number of aromatic hydroxyl groups is 2. The SMILES string of the molecule is O=C1CC(c2ccccn2)c2c(O)cc(O)cc2O1. The first-order chi connectivity index (χ1) is 9.15. The van der Waals surface area contributed by atoms with Crippen molar-refractivity contribution >= 4 is 5.97 Å². The zero-order valence-corrected chi connectivity index (χ0v) is 9.91. The van der Waals surface area contributed by atoms with Crippen molar-refractivity contribution in [1.29, 1.82) is 0 Å². The van der Waals surface area contributed by atoms with Gasteiger partial charge in [0.25, 0.3) is 0 Å². The molecule has 96 valence electrons. The average molecular weight is 257 g/mol. The summed E-state index contributed by atoms with van der Waals surface area (Å²) in [6, 6.07) is 7.94. The van der Waals surface area contributed by atoms with Crippen molar-refractivity contribution in [2.24, 2.45) is 0 Å². The van der Waals surface area contributed by atoms with Crippen LogP contribution < -0.4 is 4.74 Å². The molecule has 3 rings (SSSR count). The van der Waals surface area contributed by atoms with Crippen molar-refractivity contribution < 1.29 is 19.7 Å². The molecule has 0 aliphatic carbocycles. The molecule has 5 nitrogen and oxygen atoms in total. The third-order valence-corrected chi connectivity index (χ3v) is 3.09. The highest BCUT2D eigenvalue weighted by Gasteiger charge is 2.32. The van der Waals surface area contributed by atoms with Crippen LogP contribution in [0.3, 0.4) is 0 Å². The lowest BCUT2D eigenvalue weighted by molar-refractivity contribution is -0.135. The summed E-state index contributed by atoms with van der Waals surface area (Å²) in [5.74, 6) is -0.834. The molecule has 0 spiro atoms. The Morgan fingerprint density at radius 3 is 2.84 bits per heavy atom. The summed E-state index contributed by atoms with van der Waals surface area (Å²) in [5, 5.41) is 19.4. The minimum atomic E-state index is -0.409. The van der Waals surface area contributed by atoms with Crippen LogP contribution in [0.5, 0.6) is 17.2 Å². The Balaban J connectivity index is 2.17. The van der Waals surface area contributed by atoms with Crippen molar-refractivity contribution in [2.75, 3.05) is 0 Å². The van der Waals surface area contributed by atoms with Crippen LogP contribution in [0.15, 0.2) is 36.5 Å². The summed E-state index contributed by atoms with van der Waals surface area (Å²) in [4.78, 5) is 15.8. The molecule has 0 bridgehead atoms. The van der Waals surface area contributed by atoms with Gasteiger partial charge in [-0.3, -0.25) is 9.78 Å². The topological polar surface area (TPSA) is 79.7 Å². The lowest BCUT2D eigenvalue weighted by Crippen LogP contribution is -2.21. The fourth-order valence-electron chi connectivity index (χ4n) is 2.30. The van der Waals surface area contributed by atoms with Crippen molar-refractivity contribution in [3.8, 4) is 17.2 Å². The largest absolute Gasteiger partial charge is 0.508 e. The molecule has 0 radical (unpaired) electrons. The lowest BCUT2D eigenvalue weighted by Gasteiger charge is -2.24. The first-order valence-corrected chi connectivity index (χ1v) is 5.82. The van der Waals surface area contributed by atoms with Crippen LogP contribution in [0.4, 0.5) is 0 Å². The van der Waals surface area contributed by atoms with E-state index in [0.717, 1.165) is 0 Å². The van der Waals surface area contributed by atoms with Gasteiger partial charge < -0.3 is 14.9 Å². The van der Waals surface area contributed by atoms with Crippen LogP contribution in [0, 0.1) is 0 Å². The van der Waals surface area contributed by atoms with Gasteiger partial charge in [0.05, 0.1) is 6.42 Å². The average Bonchev–Trinajstić information content (AvgIpc) is 2.38. The maximum Gasteiger partial charge on any atom is 0.312 e. The number of phenols is 2. The number of rotatable bonds is 1. The van der Waals surface area contributed by atoms with Crippen molar-refractivity contribution in [2.45, 2.75) is 12.3 Å². The van der Waals surface area contributed by atoms with E-state index >= 15 is 0 Å². The second-order valence-electron chi connectivity index (χ2n) is 4.36. The van der Waals surface area contributed by atoms with Crippen molar-refractivity contribution in [3.63, 3.8) is 0 Å². The normalized spacial score (nSPS) is 17.7. The van der Waals surface area contributed by atoms with Gasteiger partial charge in [-0.2, -0.15) is 0 Å². The Bertz CT molecular complexity index is 639. The number of ether oxygens (including phenoxy) is 1. The number of fused-ring (bicyclic) bond motifs is 1. The van der Waals surface area contributed by atoms with Gasteiger partial charge >= 0.3 is 5.97 Å². The maximum absolute atomic E-state index is 11.6. The number of benzene rings is 1. The van der Waals surface area contributed by atoms with Gasteiger partial charge in [0.15, 0.2) is 0 Å². The van der Waals surface area contributed by atoms with Crippen LogP contribution in [0.2, 0.25) is 0 Å². The Kier molecular flexibility index (Phi) is 2.59. The van der Waals surface area contributed by atoms with Gasteiger partial charge in [0.2, 0.25) is 0 Å². The summed E-state index contributed by atoms with van der Waals surface area (Å²) in [6.45, 7) is 0. The number of carbonyl (C=O) groups excluding carboxylic acids is 1. The van der Waals surface area contributed by atoms with E-state index in [1.54, 1.807) is 18.3 Å². The number of aromatic nitrogens is 1. The Labute approximate surface area is 109 Å². The van der Waals surface area contributed by atoms with Crippen LogP contribution in [0.25, 0.3) is 0 Å². The van der Waals surface area contributed by atoms with E-state index in [-0.39, 0.29) is 29.6 Å². The molecule has 1 aromatic heterocycles. The van der Waals surface area contributed by atoms with Crippen LogP contribution in [-0.4, -0.2) is 21.2 Å². The smallest absolute Gasteiger partial charge is 0.312 e. The predicted molar refractivity (Wildman–Crippen MR) is 66.1 cm³/mol. The van der Waals surface area contributed by atoms with Crippen LogP contribution in [-0.2, 0) is 4.79 Å². The van der Waals surface area contributed by atoms with Crippen molar-refractivity contribution in [3.05, 3.63) is 47.8 Å². The molecule has 0 amide bonds. The summed E-state index contributed by atoms with van der Waals surface area (Å²) < 4.78 is 5.06. The molecule has 5 heteroatoms. The number of hydrogen-bond acceptors (Lipinski definition) is 5. The Morgan fingerprint density at radius 1 is 1.26 bits per heavy atom. The Morgan fingerprint density at radius 2 is 2.11 bits per heavy atom. The van der Waals surface area contributed by atoms with Gasteiger partial charge in [0, 0.05) is 35.5 Å². The third kappa shape index (κ3) is 1.99. The minimum absolute atomic E-state index is 0.0989. The lowest BCUT2D eigenvalue weighted by atomic mass is 9.88. The monoisotopic (exact) mass is 257 g/mol. The molecule has 2 aromatic rings. The molecule has 0 fully saturated rings. The number of nitrogens with zero attached hydrogens (tertiary/aromatic N) is 1. The highest BCUT2D eigenvalue weighted by Crippen LogP contribution is 2.44. The van der Waals surface area contributed by atoms with Gasteiger partial charge in [-0.1, -0.05) is 6.07 Å². The highest BCUT2D eigenvalue weighted by molar-refractivity contribution is 5.78. The van der Waals surface area contributed by atoms with E-state index in [2.05, 4.69) is 4.98 Å². The summed E-state index contributed by atoms with van der Waals surface area (Å²) in [6.07, 6.45) is 1.74. The molecule has 1 aliphatic heterocycles. The number of pyridine rings is 1. The number of hydrogen-bond donors (Lipinski definition) is 2. The van der Waals surface area contributed by atoms with E-state index < -0.39 is 5.97 Å². The molecular formula is C14H11NO4. The van der Waals surface area contributed by atoms with Gasteiger partial charge in [0.1, 0.15) is 17.2 Å². The fourth-order valence-corrected chi connectivity index (χ4v) is 2.30. The molecular weight excluding hydrogens is 246 g/mol. The van der Waals surface area contributed by atoms with Crippen LogP contribution >= 0.6 is 0 Å². The molecule has 2 N–H and O–H groups in total. The maximum atomic E-state index is 11.6. The number of carbonyl (C=O) groups is 1. The zero-order chi connectivity index (χ0) is 13.4. The molecule has 1 aliphatic rings. The molecule has 0 saturated carbocycles. The van der Waals surface area contributed by atoms with E-state index in [1.165, 1.54) is 12.1 Å². The molecule has 1 aromatic carbocycles. The van der Waals surface area contributed by atoms with E-state index in [9.17, 15) is 15.0 Å². The zero-order valence-electron chi connectivity index (χ0n) is 9.91. The molecule has 2 heterocycles. The quantitative estimate of drug-likeness (QED) is 0.602. The van der Waals surface area contributed by atoms with Crippen LogP contribution in [0.1, 0.15) is 23.6 Å². The second kappa shape index (κ2) is 4.28. The second-order valence-corrected chi connectivity index (χ2v) is 4.36. The summed E-state index contributed by atoms with van der Waals surface area (Å²) in [5.41, 5.74) is 1.16. The van der Waals surface area contributed by atoms with Gasteiger partial charge in [-0.25, -0.2) is 0 Å². The molecule has 19 heavy (non-hydrogen) atoms. The van der Waals surface area contributed by atoms with Crippen molar-refractivity contribution in [1.82, 2.24) is 4.98 Å². The van der Waals surface area contributed by atoms with E-state index in [1.807, 2.05) is 6.07 Å². The highest BCUT2D eigenvalue weighted by atomic mass is 16.5. The minimum Gasteiger partial charge on any atom is -0.508 e. The third-order valence-electron chi connectivity index (χ3n) is 3.09. The number of phenolic OH excluding ortho intramolecular Hbond substituents is 2. The predicted octanol–water partition coefficient (Wildman–Crippen LogP) is 1.93. The standard InChI is InChI=1S/C14H11NO4/c16-8-5-11(17)14-9(10-3-1-2-4-15-10)7-13(18)19-12(14)6-8/h1-6,9,16-17H,7H2. The number of esters is 1. The molecule has 1 atom stereocenters. The first-order valence-electron chi connectivity index (χ1n) is 5.82. The van der Waals surface area contributed by atoms with E-state index in [0.29, 0.717) is 11.3 Å². The molecule has 0 saturated heterocycles. The summed E-state index contributed by atoms with van der Waals surface area (Å²) in [7, 11) is 0. The van der Waals surface area contributed by atoms with Gasteiger partial charge in [-0.05, 0) is 12.1 Å². The summed E-state index contributed by atoms with van der Waals surface area (Å²) >= 11 is 0. The fraction of sp³-hybridized carbons (Fsp3) is 0.143. The molecule has 1 unspecified atom stereocenters. The van der Waals surface area contributed by atoms with E-state index in [4.69, 9.17) is 4.74 Å². The Hall–Kier alpha value is -2.56.